The van der Waals surface area contributed by atoms with Gasteiger partial charge in [0, 0.05) is 31.1 Å². The van der Waals surface area contributed by atoms with E-state index >= 15 is 0 Å². The van der Waals surface area contributed by atoms with E-state index < -0.39 is 0 Å². The molecule has 1 unspecified atom stereocenters. The van der Waals surface area contributed by atoms with Gasteiger partial charge in [0.25, 0.3) is 5.91 Å². The second kappa shape index (κ2) is 7.70. The van der Waals surface area contributed by atoms with Gasteiger partial charge in [0.05, 0.1) is 19.1 Å². The minimum Gasteiger partial charge on any atom is -0.466 e. The third-order valence-electron chi connectivity index (χ3n) is 4.51. The second-order valence-electron chi connectivity index (χ2n) is 6.18. The Morgan fingerprint density at radius 1 is 1.32 bits per heavy atom. The first-order chi connectivity index (χ1) is 12.2. The van der Waals surface area contributed by atoms with Crippen molar-refractivity contribution in [1.29, 1.82) is 0 Å². The highest BCUT2D eigenvalue weighted by Gasteiger charge is 2.32. The molecule has 1 aliphatic rings. The number of nitrogens with zero attached hydrogens (tertiary/aromatic N) is 1. The van der Waals surface area contributed by atoms with Gasteiger partial charge in [0.2, 0.25) is 0 Å². The number of piperidine rings is 1. The van der Waals surface area contributed by atoms with Gasteiger partial charge in [-0.3, -0.25) is 9.59 Å². The number of hydrogen-bond acceptors (Lipinski definition) is 5. The fourth-order valence-electron chi connectivity index (χ4n) is 3.32. The summed E-state index contributed by atoms with van der Waals surface area (Å²) < 4.78 is 16.2. The monoisotopic (exact) mass is 345 g/mol. The highest BCUT2D eigenvalue weighted by Crippen LogP contribution is 2.29. The molecular weight excluding hydrogens is 322 g/mol. The van der Waals surface area contributed by atoms with Crippen molar-refractivity contribution in [3.05, 3.63) is 35.6 Å². The van der Waals surface area contributed by atoms with Gasteiger partial charge in [0.15, 0.2) is 5.76 Å². The molecule has 25 heavy (non-hydrogen) atoms. The van der Waals surface area contributed by atoms with E-state index in [1.54, 1.807) is 18.9 Å². The van der Waals surface area contributed by atoms with E-state index in [4.69, 9.17) is 13.9 Å². The van der Waals surface area contributed by atoms with Gasteiger partial charge in [0.1, 0.15) is 5.58 Å². The number of ether oxygens (including phenoxy) is 2. The molecule has 6 heteroatoms. The summed E-state index contributed by atoms with van der Waals surface area (Å²) in [6, 6.07) is 7.53. The minimum atomic E-state index is -0.270. The van der Waals surface area contributed by atoms with Crippen LogP contribution >= 0.6 is 0 Å². The van der Waals surface area contributed by atoms with Gasteiger partial charge in [-0.05, 0) is 25.8 Å². The number of methoxy groups -OCH3 is 1. The summed E-state index contributed by atoms with van der Waals surface area (Å²) in [5.41, 5.74) is 1.42. The van der Waals surface area contributed by atoms with Crippen LogP contribution in [0.4, 0.5) is 0 Å². The Bertz CT molecular complexity index is 766. The van der Waals surface area contributed by atoms with Gasteiger partial charge in [-0.1, -0.05) is 18.2 Å². The zero-order valence-corrected chi connectivity index (χ0v) is 14.6. The number of furan rings is 1. The largest absolute Gasteiger partial charge is 0.466 e. The van der Waals surface area contributed by atoms with Gasteiger partial charge in [-0.25, -0.2) is 0 Å². The number of hydrogen-bond donors (Lipinski definition) is 0. The molecule has 0 radical (unpaired) electrons. The van der Waals surface area contributed by atoms with Crippen molar-refractivity contribution in [1.82, 2.24) is 4.90 Å². The zero-order chi connectivity index (χ0) is 17.8. The molecule has 2 aromatic rings. The summed E-state index contributed by atoms with van der Waals surface area (Å²) in [5.74, 6) is -0.403. The Morgan fingerprint density at radius 2 is 2.12 bits per heavy atom. The van der Waals surface area contributed by atoms with Crippen LogP contribution in [0.15, 0.2) is 28.7 Å². The lowest BCUT2D eigenvalue weighted by molar-refractivity contribution is -0.149. The molecule has 0 aliphatic carbocycles. The molecule has 0 bridgehead atoms. The van der Waals surface area contributed by atoms with Crippen molar-refractivity contribution in [2.75, 3.05) is 26.8 Å². The third kappa shape index (κ3) is 3.54. The van der Waals surface area contributed by atoms with Crippen LogP contribution in [-0.2, 0) is 20.9 Å². The van der Waals surface area contributed by atoms with Crippen molar-refractivity contribution in [2.45, 2.75) is 26.4 Å². The van der Waals surface area contributed by atoms with Crippen LogP contribution in [0.2, 0.25) is 0 Å². The maximum Gasteiger partial charge on any atom is 0.310 e. The molecule has 1 atom stereocenters. The van der Waals surface area contributed by atoms with E-state index in [9.17, 15) is 9.59 Å². The molecule has 1 aromatic heterocycles. The van der Waals surface area contributed by atoms with Crippen LogP contribution in [0.3, 0.4) is 0 Å². The molecule has 1 fully saturated rings. The van der Waals surface area contributed by atoms with Gasteiger partial charge in [-0.15, -0.1) is 0 Å². The van der Waals surface area contributed by atoms with Crippen LogP contribution in [0.25, 0.3) is 11.0 Å². The number of rotatable bonds is 5. The number of carbonyl (C=O) groups excluding carboxylic acids is 2. The maximum absolute atomic E-state index is 13.0. The highest BCUT2D eigenvalue weighted by atomic mass is 16.5. The number of likely N-dealkylation sites (tertiary alicyclic amines) is 1. The number of amides is 1. The number of para-hydroxylation sites is 1. The van der Waals surface area contributed by atoms with Crippen LogP contribution in [-0.4, -0.2) is 43.6 Å². The molecule has 0 spiro atoms. The molecule has 0 saturated carbocycles. The summed E-state index contributed by atoms with van der Waals surface area (Å²) in [7, 11) is 1.59. The average Bonchev–Trinajstić information content (AvgIpc) is 3.00. The number of benzene rings is 1. The van der Waals surface area contributed by atoms with Crippen molar-refractivity contribution < 1.29 is 23.5 Å². The lowest BCUT2D eigenvalue weighted by atomic mass is 9.97. The Labute approximate surface area is 146 Å². The van der Waals surface area contributed by atoms with E-state index in [-0.39, 0.29) is 17.8 Å². The zero-order valence-electron chi connectivity index (χ0n) is 14.6. The van der Waals surface area contributed by atoms with Crippen molar-refractivity contribution >= 4 is 22.8 Å². The summed E-state index contributed by atoms with van der Waals surface area (Å²) in [6.45, 7) is 3.41. The fourth-order valence-corrected chi connectivity index (χ4v) is 3.32. The number of fused-ring (bicyclic) bond motifs is 1. The molecule has 2 heterocycles. The molecule has 1 saturated heterocycles. The highest BCUT2D eigenvalue weighted by molar-refractivity contribution is 5.99. The predicted octanol–water partition coefficient (Wildman–Crippen LogP) is 2.99. The average molecular weight is 345 g/mol. The molecule has 1 aromatic carbocycles. The van der Waals surface area contributed by atoms with E-state index in [2.05, 4.69) is 0 Å². The smallest absolute Gasteiger partial charge is 0.310 e. The van der Waals surface area contributed by atoms with Crippen molar-refractivity contribution in [3.8, 4) is 0 Å². The molecule has 0 N–H and O–H groups in total. The topological polar surface area (TPSA) is 69.0 Å². The fraction of sp³-hybridized carbons (Fsp3) is 0.474. The van der Waals surface area contributed by atoms with Crippen LogP contribution in [0, 0.1) is 5.92 Å². The Kier molecular flexibility index (Phi) is 5.38. The third-order valence-corrected chi connectivity index (χ3v) is 4.51. The van der Waals surface area contributed by atoms with Crippen molar-refractivity contribution in [3.63, 3.8) is 0 Å². The van der Waals surface area contributed by atoms with Gasteiger partial charge < -0.3 is 18.8 Å². The second-order valence-corrected chi connectivity index (χ2v) is 6.18. The lowest BCUT2D eigenvalue weighted by Crippen LogP contribution is -2.43. The summed E-state index contributed by atoms with van der Waals surface area (Å²) in [5, 5.41) is 0.881. The van der Waals surface area contributed by atoms with Gasteiger partial charge in [-0.2, -0.15) is 0 Å². The molecule has 3 rings (SSSR count). The molecule has 1 amide bonds. The molecular formula is C19H23NO5. The Hall–Kier alpha value is -2.34. The van der Waals surface area contributed by atoms with E-state index in [0.29, 0.717) is 37.6 Å². The Morgan fingerprint density at radius 3 is 2.88 bits per heavy atom. The van der Waals surface area contributed by atoms with Crippen LogP contribution in [0.1, 0.15) is 35.9 Å². The molecule has 134 valence electrons. The van der Waals surface area contributed by atoms with E-state index in [0.717, 1.165) is 23.8 Å². The van der Waals surface area contributed by atoms with E-state index in [1.807, 2.05) is 24.3 Å². The first-order valence-corrected chi connectivity index (χ1v) is 8.61. The standard InChI is InChI=1S/C19H23NO5/c1-3-24-19(22)13-7-6-10-20(11-13)18(21)17-15(12-23-2)14-8-4-5-9-16(14)25-17/h4-5,8-9,13H,3,6-7,10-12H2,1-2H3. The predicted molar refractivity (Wildman–Crippen MR) is 92.2 cm³/mol. The summed E-state index contributed by atoms with van der Waals surface area (Å²) in [6.07, 6.45) is 1.52. The van der Waals surface area contributed by atoms with Crippen LogP contribution in [0.5, 0.6) is 0 Å². The quantitative estimate of drug-likeness (QED) is 0.779. The van der Waals surface area contributed by atoms with Gasteiger partial charge >= 0.3 is 5.97 Å². The lowest BCUT2D eigenvalue weighted by Gasteiger charge is -2.31. The van der Waals surface area contributed by atoms with Crippen LogP contribution < -0.4 is 0 Å². The number of esters is 1. The first-order valence-electron chi connectivity index (χ1n) is 8.61. The van der Waals surface area contributed by atoms with Crippen molar-refractivity contribution in [2.24, 2.45) is 5.92 Å². The summed E-state index contributed by atoms with van der Waals surface area (Å²) in [4.78, 5) is 26.7. The molecule has 1 aliphatic heterocycles. The first kappa shape index (κ1) is 17.5. The minimum absolute atomic E-state index is 0.197. The Balaban J connectivity index is 1.86. The molecule has 6 nitrogen and oxygen atoms in total. The number of carbonyl (C=O) groups is 2. The normalized spacial score (nSPS) is 17.7. The summed E-state index contributed by atoms with van der Waals surface area (Å²) >= 11 is 0. The van der Waals surface area contributed by atoms with E-state index in [1.165, 1.54) is 0 Å². The SMILES string of the molecule is CCOC(=O)C1CCCN(C(=O)c2oc3ccccc3c2COC)C1. The maximum atomic E-state index is 13.0.